The molecule has 13 heteroatoms. The summed E-state index contributed by atoms with van der Waals surface area (Å²) in [6, 6.07) is 0. The van der Waals surface area contributed by atoms with Crippen LogP contribution >= 0.6 is 0 Å². The molecule has 0 aliphatic carbocycles. The minimum absolute atomic E-state index is 0. The Morgan fingerprint density at radius 1 is 0.306 bits per heavy atom. The fraction of sp³-hybridized carbons (Fsp3) is 0.889. The molecule has 0 spiro atoms. The van der Waals surface area contributed by atoms with Crippen molar-refractivity contribution in [2.45, 2.75) is 158 Å². The Kier molecular flexibility index (Phi) is 53.6. The number of unbranched alkanes of at least 4 members (excludes halogenated alkanes) is 8. The van der Waals surface area contributed by atoms with Gasteiger partial charge in [0.1, 0.15) is 21.0 Å². The van der Waals surface area contributed by atoms with E-state index in [2.05, 4.69) is 106 Å². The van der Waals surface area contributed by atoms with Gasteiger partial charge in [-0.2, -0.15) is 0 Å². The summed E-state index contributed by atoms with van der Waals surface area (Å²) in [5.41, 5.74) is 0. The van der Waals surface area contributed by atoms with Crippen molar-refractivity contribution in [1.29, 1.82) is 0 Å². The van der Waals surface area contributed by atoms with Crippen LogP contribution in [0, 0.1) is 0 Å². The average Bonchev–Trinajstić information content (AvgIpc) is 3.05. The summed E-state index contributed by atoms with van der Waals surface area (Å²) in [5.74, 6) is 0. The van der Waals surface area contributed by atoms with Gasteiger partial charge in [0.05, 0.1) is 0 Å². The van der Waals surface area contributed by atoms with Gasteiger partial charge in [0.2, 0.25) is 0 Å². The molecule has 0 fully saturated rings. The molecule has 0 bridgehead atoms. The van der Waals surface area contributed by atoms with Crippen LogP contribution in [0.15, 0.2) is 0 Å². The molecule has 0 saturated heterocycles. The minimum Gasteiger partial charge on any atom is -0.719 e. The van der Waals surface area contributed by atoms with Crippen molar-refractivity contribution in [3.8, 4) is 0 Å². The molecular weight excluding hydrogens is 777 g/mol. The van der Waals surface area contributed by atoms with E-state index in [4.69, 9.17) is 0 Å². The van der Waals surface area contributed by atoms with Gasteiger partial charge in [-0.25, -0.2) is 0 Å². The van der Waals surface area contributed by atoms with Crippen LogP contribution in [0.3, 0.4) is 0 Å². The molecule has 0 atom stereocenters. The summed E-state index contributed by atoms with van der Waals surface area (Å²) in [4.78, 5) is 50.7. The number of rotatable bonds is 24. The molecule has 0 N–H and O–H groups in total. The van der Waals surface area contributed by atoms with Crippen LogP contribution in [0.1, 0.15) is 158 Å². The molecule has 0 rings (SSSR count). The third-order valence-corrected chi connectivity index (χ3v) is 8.32. The first kappa shape index (κ1) is 57.8. The Hall–Kier alpha value is -0.552. The molecule has 0 radical (unpaired) electrons. The van der Waals surface area contributed by atoms with Crippen molar-refractivity contribution in [3.63, 3.8) is 0 Å². The fourth-order valence-electron chi connectivity index (χ4n) is 3.97. The predicted molar refractivity (Wildman–Crippen MR) is 217 cm³/mol. The third-order valence-electron chi connectivity index (χ3n) is 7.29. The Morgan fingerprint density at radius 2 is 0.408 bits per heavy atom. The number of amides is 4. The predicted octanol–water partition coefficient (Wildman–Crippen LogP) is 10.2. The van der Waals surface area contributed by atoms with E-state index in [1.807, 2.05) is 0 Å². The number of nitrogens with zero attached hydrogens (tertiary/aromatic N) is 4. The van der Waals surface area contributed by atoms with Crippen LogP contribution < -0.4 is 0 Å². The van der Waals surface area contributed by atoms with Crippen LogP contribution in [0.2, 0.25) is 0 Å². The number of carbonyl (C=O) groups is 4. The number of hydrogen-bond acceptors (Lipinski definition) is 8. The maximum atomic E-state index is 10.9. The summed E-state index contributed by atoms with van der Waals surface area (Å²) in [6.45, 7) is 23.6. The Labute approximate surface area is 339 Å². The maximum Gasteiger partial charge on any atom is 4.00 e. The van der Waals surface area contributed by atoms with E-state index in [1.165, 1.54) is 0 Å². The third kappa shape index (κ3) is 43.5. The quantitative estimate of drug-likeness (QED) is 0.0702. The van der Waals surface area contributed by atoms with Gasteiger partial charge in [0, 0.05) is 52.4 Å². The van der Waals surface area contributed by atoms with Crippen LogP contribution in [0.25, 0.3) is 0 Å². The summed E-state index contributed by atoms with van der Waals surface area (Å²) < 4.78 is 0. The van der Waals surface area contributed by atoms with E-state index in [0.29, 0.717) is 0 Å². The van der Waals surface area contributed by atoms with Gasteiger partial charge in [-0.15, -0.1) is 0 Å². The van der Waals surface area contributed by atoms with Gasteiger partial charge in [-0.1, -0.05) is 107 Å². The summed E-state index contributed by atoms with van der Waals surface area (Å²) in [7, 11) is 0. The molecule has 0 saturated carbocycles. The molecule has 0 unspecified atom stereocenters. The molecule has 0 aromatic carbocycles. The first-order chi connectivity index (χ1) is 22.9. The van der Waals surface area contributed by atoms with Gasteiger partial charge < -0.3 is 89.3 Å². The molecule has 290 valence electrons. The molecule has 0 aliphatic rings. The van der Waals surface area contributed by atoms with Gasteiger partial charge in [-0.05, 0) is 51.4 Å². The van der Waals surface area contributed by atoms with Crippen molar-refractivity contribution >= 4 is 71.5 Å². The molecule has 49 heavy (non-hydrogen) atoms. The maximum absolute atomic E-state index is 10.9. The minimum atomic E-state index is -0.197. The Balaban J connectivity index is -0.000000174. The van der Waals surface area contributed by atoms with E-state index < -0.39 is 0 Å². The van der Waals surface area contributed by atoms with Gasteiger partial charge in [0.15, 0.2) is 0 Å². The van der Waals surface area contributed by atoms with Crippen molar-refractivity contribution in [3.05, 3.63) is 0 Å². The van der Waals surface area contributed by atoms with E-state index in [1.54, 1.807) is 19.6 Å². The standard InChI is InChI=1S/4C9H19NOS.Mo/c4*1-3-5-7-10(9(11)12)8-6-4-2;/h4*3-8H2,1-2H3,(H,11,12);/q;;;;+4/p-4. The SMILES string of the molecule is CCCCN(CCCC)C(=O)[S-].CCCCN(CCCC)C(=O)[S-].CCCCN(CCCC)C(=O)[S-].CCCCN(CCCC)C(=O)[S-].[Mo+4]. The number of hydrogen-bond donors (Lipinski definition) is 0. The Morgan fingerprint density at radius 3 is 0.469 bits per heavy atom. The molecular formula is C36H72MoN4O4S4. The van der Waals surface area contributed by atoms with Crippen molar-refractivity contribution in [1.82, 2.24) is 19.6 Å². The second-order valence-electron chi connectivity index (χ2n) is 11.8. The van der Waals surface area contributed by atoms with Gasteiger partial charge >= 0.3 is 21.1 Å². The van der Waals surface area contributed by atoms with E-state index in [9.17, 15) is 19.2 Å². The zero-order valence-electron chi connectivity index (χ0n) is 32.4. The smallest absolute Gasteiger partial charge is 0.719 e. The first-order valence-corrected chi connectivity index (χ1v) is 20.3. The van der Waals surface area contributed by atoms with Gasteiger partial charge in [0.25, 0.3) is 0 Å². The van der Waals surface area contributed by atoms with Crippen LogP contribution in [0.5, 0.6) is 0 Å². The van der Waals surface area contributed by atoms with Crippen LogP contribution in [0.4, 0.5) is 19.2 Å². The Bertz CT molecular complexity index is 606. The van der Waals surface area contributed by atoms with Crippen molar-refractivity contribution < 1.29 is 40.2 Å². The summed E-state index contributed by atoms with van der Waals surface area (Å²) >= 11 is 18.5. The normalized spacial score (nSPS) is 9.63. The zero-order chi connectivity index (χ0) is 37.6. The number of carbonyl (C=O) groups excluding carboxylic acids is 4. The first-order valence-electron chi connectivity index (χ1n) is 18.7. The molecule has 8 nitrogen and oxygen atoms in total. The van der Waals surface area contributed by atoms with Gasteiger partial charge in [-0.3, -0.25) is 0 Å². The molecule has 0 aromatic rings. The summed E-state index contributed by atoms with van der Waals surface area (Å²) in [6.07, 6.45) is 17.4. The van der Waals surface area contributed by atoms with Crippen molar-refractivity contribution in [2.75, 3.05) is 52.4 Å². The second kappa shape index (κ2) is 45.5. The topological polar surface area (TPSA) is 81.2 Å². The van der Waals surface area contributed by atoms with Crippen LogP contribution in [-0.2, 0) is 71.6 Å². The van der Waals surface area contributed by atoms with E-state index >= 15 is 0 Å². The molecule has 0 heterocycles. The van der Waals surface area contributed by atoms with E-state index in [-0.39, 0.29) is 42.0 Å². The molecule has 0 aromatic heterocycles. The molecule has 0 aliphatic heterocycles. The average molecular weight is 849 g/mol. The van der Waals surface area contributed by atoms with E-state index in [0.717, 1.165) is 155 Å². The zero-order valence-corrected chi connectivity index (χ0v) is 37.7. The fourth-order valence-corrected chi connectivity index (χ4v) is 4.70. The largest absolute Gasteiger partial charge is 4.00 e. The monoisotopic (exact) mass is 850 g/mol. The van der Waals surface area contributed by atoms with Crippen molar-refractivity contribution in [2.24, 2.45) is 0 Å². The summed E-state index contributed by atoms with van der Waals surface area (Å²) in [5, 5.41) is -0.789. The second-order valence-corrected chi connectivity index (χ2v) is 13.2. The molecule has 4 amide bonds. The van der Waals surface area contributed by atoms with Crippen LogP contribution in [-0.4, -0.2) is 92.9 Å².